The molecule has 0 bridgehead atoms. The van der Waals surface area contributed by atoms with Crippen LogP contribution in [-0.2, 0) is 0 Å². The fourth-order valence-electron chi connectivity index (χ4n) is 4.04. The highest BCUT2D eigenvalue weighted by Gasteiger charge is 2.25. The second-order valence-electron chi connectivity index (χ2n) is 6.73. The van der Waals surface area contributed by atoms with Gasteiger partial charge in [0.15, 0.2) is 0 Å². The van der Waals surface area contributed by atoms with E-state index in [4.69, 9.17) is 0 Å². The molecule has 2 heterocycles. The van der Waals surface area contributed by atoms with Gasteiger partial charge in [0.25, 0.3) is 5.69 Å². The summed E-state index contributed by atoms with van der Waals surface area (Å²) < 4.78 is 2.10. The van der Waals surface area contributed by atoms with Crippen LogP contribution in [0.1, 0.15) is 51.0 Å². The molecule has 1 aromatic carbocycles. The molecule has 1 aliphatic carbocycles. The predicted molar refractivity (Wildman–Crippen MR) is 90.0 cm³/mol. The summed E-state index contributed by atoms with van der Waals surface area (Å²) in [5, 5.41) is 16.9. The largest absolute Gasteiger partial charge is 0.366 e. The highest BCUT2D eigenvalue weighted by Crippen LogP contribution is 2.37. The fourth-order valence-corrected chi connectivity index (χ4v) is 4.04. The van der Waals surface area contributed by atoms with Crippen molar-refractivity contribution in [3.63, 3.8) is 0 Å². The molecule has 1 aliphatic heterocycles. The van der Waals surface area contributed by atoms with Crippen molar-refractivity contribution in [1.29, 1.82) is 0 Å². The molecule has 1 saturated heterocycles. The Morgan fingerprint density at radius 2 is 1.83 bits per heavy atom. The predicted octanol–water partition coefficient (Wildman–Crippen LogP) is 4.05. The quantitative estimate of drug-likeness (QED) is 0.633. The Morgan fingerprint density at radius 3 is 2.52 bits per heavy atom. The summed E-state index contributed by atoms with van der Waals surface area (Å²) in [7, 11) is 0. The Hall–Kier alpha value is -2.11. The van der Waals surface area contributed by atoms with Gasteiger partial charge in [0.05, 0.1) is 22.7 Å². The van der Waals surface area contributed by atoms with E-state index in [-0.39, 0.29) is 10.6 Å². The van der Waals surface area contributed by atoms with Crippen molar-refractivity contribution < 1.29 is 4.92 Å². The van der Waals surface area contributed by atoms with Gasteiger partial charge in [0, 0.05) is 24.5 Å². The Balaban J connectivity index is 1.82. The molecule has 0 spiro atoms. The van der Waals surface area contributed by atoms with Crippen molar-refractivity contribution in [3.8, 4) is 0 Å². The average molecular weight is 314 g/mol. The molecular formula is C17H22N4O2. The number of nitrogens with zero attached hydrogens (tertiary/aromatic N) is 4. The summed E-state index contributed by atoms with van der Waals surface area (Å²) in [6.45, 7) is 1.81. The normalized spacial score (nSPS) is 19.6. The number of aromatic nitrogens is 2. The molecule has 1 saturated carbocycles. The first kappa shape index (κ1) is 14.5. The van der Waals surface area contributed by atoms with Crippen LogP contribution in [0.4, 0.5) is 11.4 Å². The Kier molecular flexibility index (Phi) is 3.67. The van der Waals surface area contributed by atoms with E-state index < -0.39 is 0 Å². The second-order valence-corrected chi connectivity index (χ2v) is 6.73. The maximum atomic E-state index is 11.5. The van der Waals surface area contributed by atoms with Gasteiger partial charge in [-0.15, -0.1) is 0 Å². The molecule has 0 atom stereocenters. The van der Waals surface area contributed by atoms with Crippen molar-refractivity contribution >= 4 is 22.3 Å². The SMILES string of the molecule is O=[N+]([O-])c1cc2cnn(C3CCCC3)c2cc1N1CCCCC1. The van der Waals surface area contributed by atoms with E-state index in [0.29, 0.717) is 6.04 Å². The lowest BCUT2D eigenvalue weighted by Gasteiger charge is -2.28. The van der Waals surface area contributed by atoms with E-state index in [1.54, 1.807) is 12.3 Å². The standard InChI is InChI=1S/C17H22N4O2/c22-21(23)17-10-13-12-18-20(14-6-2-3-7-14)15(13)11-16(17)19-8-4-1-5-9-19/h10-12,14H,1-9H2. The molecule has 2 aliphatic rings. The van der Waals surface area contributed by atoms with E-state index in [9.17, 15) is 10.1 Å². The third kappa shape index (κ3) is 2.56. The lowest BCUT2D eigenvalue weighted by Crippen LogP contribution is -2.30. The molecule has 0 unspecified atom stereocenters. The van der Waals surface area contributed by atoms with Gasteiger partial charge >= 0.3 is 0 Å². The topological polar surface area (TPSA) is 64.2 Å². The second kappa shape index (κ2) is 5.83. The minimum atomic E-state index is -0.254. The van der Waals surface area contributed by atoms with Gasteiger partial charge in [0.1, 0.15) is 5.69 Å². The zero-order valence-electron chi connectivity index (χ0n) is 13.3. The molecule has 2 fully saturated rings. The van der Waals surface area contributed by atoms with Crippen LogP contribution in [0.3, 0.4) is 0 Å². The number of nitro groups is 1. The molecule has 0 amide bonds. The number of piperidine rings is 1. The van der Waals surface area contributed by atoms with E-state index in [1.165, 1.54) is 19.3 Å². The van der Waals surface area contributed by atoms with Gasteiger partial charge in [-0.05, 0) is 38.2 Å². The Bertz CT molecular complexity index is 728. The smallest absolute Gasteiger partial charge is 0.293 e. The van der Waals surface area contributed by atoms with Crippen molar-refractivity contribution in [2.75, 3.05) is 18.0 Å². The van der Waals surface area contributed by atoms with Gasteiger partial charge in [-0.3, -0.25) is 14.8 Å². The molecule has 4 rings (SSSR count). The van der Waals surface area contributed by atoms with Crippen molar-refractivity contribution in [2.45, 2.75) is 51.0 Å². The summed E-state index contributed by atoms with van der Waals surface area (Å²) >= 11 is 0. The van der Waals surface area contributed by atoms with Crippen LogP contribution < -0.4 is 4.90 Å². The third-order valence-electron chi connectivity index (χ3n) is 5.26. The highest BCUT2D eigenvalue weighted by molar-refractivity contribution is 5.88. The number of benzene rings is 1. The van der Waals surface area contributed by atoms with Crippen LogP contribution in [-0.4, -0.2) is 27.8 Å². The number of anilines is 1. The van der Waals surface area contributed by atoms with Gasteiger partial charge in [-0.1, -0.05) is 12.8 Å². The van der Waals surface area contributed by atoms with Gasteiger partial charge in [-0.25, -0.2) is 0 Å². The summed E-state index contributed by atoms with van der Waals surface area (Å²) in [5.74, 6) is 0. The fraction of sp³-hybridized carbons (Fsp3) is 0.588. The van der Waals surface area contributed by atoms with Crippen molar-refractivity contribution in [2.24, 2.45) is 0 Å². The van der Waals surface area contributed by atoms with Gasteiger partial charge in [-0.2, -0.15) is 5.10 Å². The maximum absolute atomic E-state index is 11.5. The van der Waals surface area contributed by atoms with Crippen molar-refractivity contribution in [3.05, 3.63) is 28.4 Å². The number of fused-ring (bicyclic) bond motifs is 1. The third-order valence-corrected chi connectivity index (χ3v) is 5.26. The van der Waals surface area contributed by atoms with Gasteiger partial charge in [0.2, 0.25) is 0 Å². The lowest BCUT2D eigenvalue weighted by molar-refractivity contribution is -0.384. The van der Waals surface area contributed by atoms with E-state index in [0.717, 1.165) is 55.4 Å². The zero-order chi connectivity index (χ0) is 15.8. The first-order chi connectivity index (χ1) is 11.2. The van der Waals surface area contributed by atoms with Crippen LogP contribution in [0.5, 0.6) is 0 Å². The van der Waals surface area contributed by atoms with Crippen LogP contribution in [0, 0.1) is 10.1 Å². The van der Waals surface area contributed by atoms with Gasteiger partial charge < -0.3 is 4.90 Å². The van der Waals surface area contributed by atoms with Crippen LogP contribution in [0.25, 0.3) is 10.9 Å². The maximum Gasteiger partial charge on any atom is 0.293 e. The first-order valence-electron chi connectivity index (χ1n) is 8.64. The average Bonchev–Trinajstić information content (AvgIpc) is 3.23. The summed E-state index contributed by atoms with van der Waals surface area (Å²) in [4.78, 5) is 13.4. The van der Waals surface area contributed by atoms with Crippen LogP contribution >= 0.6 is 0 Å². The summed E-state index contributed by atoms with van der Waals surface area (Å²) in [6, 6.07) is 4.16. The monoisotopic (exact) mass is 314 g/mol. The molecule has 2 aromatic rings. The molecule has 23 heavy (non-hydrogen) atoms. The van der Waals surface area contributed by atoms with E-state index in [2.05, 4.69) is 14.7 Å². The van der Waals surface area contributed by atoms with E-state index >= 15 is 0 Å². The number of nitro benzene ring substituents is 1. The molecule has 0 N–H and O–H groups in total. The number of hydrogen-bond donors (Lipinski definition) is 0. The van der Waals surface area contributed by atoms with Crippen LogP contribution in [0.15, 0.2) is 18.3 Å². The Morgan fingerprint density at radius 1 is 1.09 bits per heavy atom. The lowest BCUT2D eigenvalue weighted by atomic mass is 10.1. The molecule has 6 nitrogen and oxygen atoms in total. The molecule has 1 aromatic heterocycles. The molecule has 0 radical (unpaired) electrons. The number of hydrogen-bond acceptors (Lipinski definition) is 4. The first-order valence-corrected chi connectivity index (χ1v) is 8.64. The van der Waals surface area contributed by atoms with Crippen LogP contribution in [0.2, 0.25) is 0 Å². The van der Waals surface area contributed by atoms with Crippen molar-refractivity contribution in [1.82, 2.24) is 9.78 Å². The molecule has 6 heteroatoms. The number of rotatable bonds is 3. The minimum absolute atomic E-state index is 0.213. The minimum Gasteiger partial charge on any atom is -0.366 e. The molecular weight excluding hydrogens is 292 g/mol. The summed E-state index contributed by atoms with van der Waals surface area (Å²) in [5.41, 5.74) is 2.02. The highest BCUT2D eigenvalue weighted by atomic mass is 16.6. The Labute approximate surface area is 135 Å². The zero-order valence-corrected chi connectivity index (χ0v) is 13.3. The molecule has 122 valence electrons. The summed E-state index contributed by atoms with van der Waals surface area (Å²) in [6.07, 6.45) is 10.0. The van der Waals surface area contributed by atoms with E-state index in [1.807, 2.05) is 6.07 Å².